The lowest BCUT2D eigenvalue weighted by atomic mass is 10.00. The molecule has 22 heavy (non-hydrogen) atoms. The first-order valence-corrected chi connectivity index (χ1v) is 8.18. The minimum absolute atomic E-state index is 0.0248. The highest BCUT2D eigenvalue weighted by Gasteiger charge is 2.33. The molecule has 0 N–H and O–H groups in total. The molecule has 1 aromatic rings. The Morgan fingerprint density at radius 3 is 2.68 bits per heavy atom. The maximum absolute atomic E-state index is 12.8. The number of piperidine rings is 1. The Morgan fingerprint density at radius 1 is 1.23 bits per heavy atom. The zero-order chi connectivity index (χ0) is 15.5. The molecular formula is C16H25N3O3. The molecule has 0 aliphatic carbocycles. The van der Waals surface area contributed by atoms with Crippen molar-refractivity contribution in [1.29, 1.82) is 0 Å². The summed E-state index contributed by atoms with van der Waals surface area (Å²) in [5.74, 6) is 1.81. The smallest absolute Gasteiger partial charge is 0.240 e. The molecule has 3 heterocycles. The molecule has 122 valence electrons. The fraction of sp³-hybridized carbons (Fsp3) is 0.750. The largest absolute Gasteiger partial charge is 0.446 e. The van der Waals surface area contributed by atoms with Gasteiger partial charge in [0.1, 0.15) is 5.76 Å². The van der Waals surface area contributed by atoms with E-state index in [0.29, 0.717) is 38.7 Å². The fourth-order valence-corrected chi connectivity index (χ4v) is 3.37. The first-order chi connectivity index (χ1) is 10.6. The van der Waals surface area contributed by atoms with Gasteiger partial charge in [0.2, 0.25) is 5.91 Å². The number of likely N-dealkylation sites (tertiary alicyclic amines) is 1. The van der Waals surface area contributed by atoms with Crippen LogP contribution in [0.15, 0.2) is 4.42 Å². The van der Waals surface area contributed by atoms with Crippen molar-refractivity contribution in [2.45, 2.75) is 45.7 Å². The van der Waals surface area contributed by atoms with Crippen LogP contribution in [0, 0.1) is 13.8 Å². The number of nitrogens with zero attached hydrogens (tertiary/aromatic N) is 3. The second-order valence-corrected chi connectivity index (χ2v) is 6.16. The Labute approximate surface area is 131 Å². The zero-order valence-electron chi connectivity index (χ0n) is 13.5. The highest BCUT2D eigenvalue weighted by molar-refractivity contribution is 5.82. The summed E-state index contributed by atoms with van der Waals surface area (Å²) < 4.78 is 10.9. The molecule has 1 amide bonds. The van der Waals surface area contributed by atoms with Gasteiger partial charge in [0, 0.05) is 26.6 Å². The van der Waals surface area contributed by atoms with E-state index in [0.717, 1.165) is 37.3 Å². The normalized spacial score (nSPS) is 23.7. The number of carbonyl (C=O) groups is 1. The van der Waals surface area contributed by atoms with Crippen LogP contribution in [0.5, 0.6) is 0 Å². The first kappa shape index (κ1) is 15.5. The lowest BCUT2D eigenvalue weighted by molar-refractivity contribution is -0.142. The van der Waals surface area contributed by atoms with E-state index < -0.39 is 0 Å². The molecule has 3 rings (SSSR count). The maximum atomic E-state index is 12.8. The molecule has 2 saturated heterocycles. The van der Waals surface area contributed by atoms with Gasteiger partial charge in [0.15, 0.2) is 5.89 Å². The summed E-state index contributed by atoms with van der Waals surface area (Å²) in [4.78, 5) is 21.5. The van der Waals surface area contributed by atoms with Gasteiger partial charge in [0.05, 0.1) is 24.9 Å². The number of hydrogen-bond donors (Lipinski definition) is 0. The molecule has 0 radical (unpaired) electrons. The first-order valence-electron chi connectivity index (χ1n) is 8.18. The van der Waals surface area contributed by atoms with Gasteiger partial charge >= 0.3 is 0 Å². The number of oxazole rings is 1. The highest BCUT2D eigenvalue weighted by Crippen LogP contribution is 2.23. The summed E-state index contributed by atoms with van der Waals surface area (Å²) in [7, 11) is 0. The van der Waals surface area contributed by atoms with Gasteiger partial charge in [-0.25, -0.2) is 4.98 Å². The second-order valence-electron chi connectivity index (χ2n) is 6.16. The van der Waals surface area contributed by atoms with E-state index in [-0.39, 0.29) is 11.9 Å². The van der Waals surface area contributed by atoms with Gasteiger partial charge in [-0.2, -0.15) is 0 Å². The van der Waals surface area contributed by atoms with Gasteiger partial charge in [0.25, 0.3) is 0 Å². The molecule has 6 nitrogen and oxygen atoms in total. The quantitative estimate of drug-likeness (QED) is 0.847. The maximum Gasteiger partial charge on any atom is 0.240 e. The van der Waals surface area contributed by atoms with E-state index in [1.165, 1.54) is 0 Å². The van der Waals surface area contributed by atoms with E-state index >= 15 is 0 Å². The van der Waals surface area contributed by atoms with Crippen molar-refractivity contribution in [1.82, 2.24) is 14.8 Å². The van der Waals surface area contributed by atoms with Crippen LogP contribution in [0.25, 0.3) is 0 Å². The topological polar surface area (TPSA) is 58.8 Å². The van der Waals surface area contributed by atoms with E-state index in [4.69, 9.17) is 9.15 Å². The van der Waals surface area contributed by atoms with Crippen molar-refractivity contribution in [3.8, 4) is 0 Å². The summed E-state index contributed by atoms with van der Waals surface area (Å²) in [5.41, 5.74) is 0.958. The average molecular weight is 307 g/mol. The zero-order valence-corrected chi connectivity index (χ0v) is 13.5. The van der Waals surface area contributed by atoms with Crippen LogP contribution in [0.3, 0.4) is 0 Å². The lowest BCUT2D eigenvalue weighted by Gasteiger charge is -2.38. The third kappa shape index (κ3) is 3.33. The van der Waals surface area contributed by atoms with Gasteiger partial charge in [-0.15, -0.1) is 0 Å². The van der Waals surface area contributed by atoms with Crippen LogP contribution < -0.4 is 0 Å². The van der Waals surface area contributed by atoms with Crippen molar-refractivity contribution in [3.63, 3.8) is 0 Å². The number of carbonyl (C=O) groups excluding carboxylic acids is 1. The number of morpholine rings is 1. The average Bonchev–Trinajstić information content (AvgIpc) is 2.86. The Kier molecular flexibility index (Phi) is 4.78. The van der Waals surface area contributed by atoms with Crippen LogP contribution in [-0.4, -0.2) is 59.6 Å². The Hall–Kier alpha value is -1.40. The van der Waals surface area contributed by atoms with Crippen molar-refractivity contribution in [3.05, 3.63) is 17.3 Å². The van der Waals surface area contributed by atoms with Crippen LogP contribution in [-0.2, 0) is 16.1 Å². The molecule has 1 atom stereocenters. The Bertz CT molecular complexity index is 523. The molecule has 1 aromatic heterocycles. The van der Waals surface area contributed by atoms with Crippen LogP contribution in [0.1, 0.15) is 36.6 Å². The molecule has 0 saturated carbocycles. The number of aryl methyl sites for hydroxylation is 2. The molecule has 2 aliphatic rings. The number of hydrogen-bond acceptors (Lipinski definition) is 5. The van der Waals surface area contributed by atoms with Crippen LogP contribution >= 0.6 is 0 Å². The highest BCUT2D eigenvalue weighted by atomic mass is 16.5. The minimum atomic E-state index is -0.0248. The lowest BCUT2D eigenvalue weighted by Crippen LogP contribution is -2.53. The molecule has 0 bridgehead atoms. The van der Waals surface area contributed by atoms with Crippen LogP contribution in [0.4, 0.5) is 0 Å². The fourth-order valence-electron chi connectivity index (χ4n) is 3.37. The third-order valence-corrected chi connectivity index (χ3v) is 4.57. The molecule has 0 aromatic carbocycles. The van der Waals surface area contributed by atoms with E-state index in [9.17, 15) is 4.79 Å². The Balaban J connectivity index is 1.70. The number of amides is 1. The van der Waals surface area contributed by atoms with Gasteiger partial charge in [-0.3, -0.25) is 9.69 Å². The number of ether oxygens (including phenoxy) is 1. The molecule has 6 heteroatoms. The summed E-state index contributed by atoms with van der Waals surface area (Å²) in [6.45, 7) is 8.19. The summed E-state index contributed by atoms with van der Waals surface area (Å²) in [6.07, 6.45) is 3.20. The second kappa shape index (κ2) is 6.79. The van der Waals surface area contributed by atoms with Crippen molar-refractivity contribution in [2.24, 2.45) is 0 Å². The summed E-state index contributed by atoms with van der Waals surface area (Å²) in [5, 5.41) is 0. The van der Waals surface area contributed by atoms with E-state index in [1.807, 2.05) is 18.7 Å². The predicted octanol–water partition coefficient (Wildman–Crippen LogP) is 1.50. The van der Waals surface area contributed by atoms with Crippen LogP contribution in [0.2, 0.25) is 0 Å². The predicted molar refractivity (Wildman–Crippen MR) is 81.4 cm³/mol. The molecule has 2 fully saturated rings. The van der Waals surface area contributed by atoms with Crippen molar-refractivity contribution in [2.75, 3.05) is 32.8 Å². The van der Waals surface area contributed by atoms with Gasteiger partial charge in [-0.1, -0.05) is 6.42 Å². The third-order valence-electron chi connectivity index (χ3n) is 4.57. The van der Waals surface area contributed by atoms with Gasteiger partial charge < -0.3 is 14.1 Å². The number of aromatic nitrogens is 1. The Morgan fingerprint density at radius 2 is 2.00 bits per heavy atom. The van der Waals surface area contributed by atoms with Crippen molar-refractivity contribution >= 4 is 5.91 Å². The van der Waals surface area contributed by atoms with Crippen molar-refractivity contribution < 1.29 is 13.9 Å². The molecule has 2 aliphatic heterocycles. The summed E-state index contributed by atoms with van der Waals surface area (Å²) >= 11 is 0. The summed E-state index contributed by atoms with van der Waals surface area (Å²) in [6, 6.07) is -0.0248. The van der Waals surface area contributed by atoms with E-state index in [1.54, 1.807) is 0 Å². The number of rotatable bonds is 3. The van der Waals surface area contributed by atoms with Gasteiger partial charge in [-0.05, 0) is 26.3 Å². The SMILES string of the molecule is Cc1nc(CN2CCCCC2C(=O)N2CCOCC2)c(C)o1. The van der Waals surface area contributed by atoms with E-state index in [2.05, 4.69) is 9.88 Å². The molecule has 0 spiro atoms. The standard InChI is InChI=1S/C16H25N3O3/c1-12-14(17-13(2)22-12)11-19-6-4-3-5-15(19)16(20)18-7-9-21-10-8-18/h15H,3-11H2,1-2H3. The molecule has 1 unspecified atom stereocenters. The monoisotopic (exact) mass is 307 g/mol. The molecular weight excluding hydrogens is 282 g/mol. The minimum Gasteiger partial charge on any atom is -0.446 e.